The Morgan fingerprint density at radius 1 is 1.38 bits per heavy atom. The quantitative estimate of drug-likeness (QED) is 0.742. The predicted molar refractivity (Wildman–Crippen MR) is 95.7 cm³/mol. The number of hydrogen-bond donors (Lipinski definition) is 3. The Morgan fingerprint density at radius 3 is 2.92 bits per heavy atom. The van der Waals surface area contributed by atoms with E-state index in [2.05, 4.69) is 10.0 Å². The lowest BCUT2D eigenvalue weighted by Crippen LogP contribution is -2.23. The Labute approximate surface area is 151 Å². The molecular weight excluding hydrogens is 361 g/mol. The minimum absolute atomic E-state index is 0.233. The molecule has 0 spiro atoms. The van der Waals surface area contributed by atoms with Gasteiger partial charge in [0.15, 0.2) is 5.82 Å². The van der Waals surface area contributed by atoms with Crippen LogP contribution >= 0.6 is 0 Å². The summed E-state index contributed by atoms with van der Waals surface area (Å²) in [6.45, 7) is 2.14. The van der Waals surface area contributed by atoms with E-state index in [9.17, 15) is 14.1 Å². The van der Waals surface area contributed by atoms with Crippen LogP contribution in [0.4, 0.5) is 10.1 Å². The van der Waals surface area contributed by atoms with Crippen molar-refractivity contribution in [1.82, 2.24) is 10.0 Å². The third kappa shape index (κ3) is 3.08. The van der Waals surface area contributed by atoms with E-state index in [-0.39, 0.29) is 23.4 Å². The van der Waals surface area contributed by atoms with Gasteiger partial charge in [-0.1, -0.05) is 6.07 Å². The Morgan fingerprint density at radius 2 is 2.23 bits per heavy atom. The third-order valence-electron chi connectivity index (χ3n) is 4.59. The van der Waals surface area contributed by atoms with Gasteiger partial charge in [-0.3, -0.25) is 13.8 Å². The van der Waals surface area contributed by atoms with Crippen LogP contribution in [-0.2, 0) is 16.0 Å². The highest BCUT2D eigenvalue weighted by Crippen LogP contribution is 2.38. The molecular formula is C17H18FN3O4S. The van der Waals surface area contributed by atoms with Crippen molar-refractivity contribution in [3.05, 3.63) is 30.1 Å². The number of fused-ring (bicyclic) bond motifs is 1. The highest BCUT2D eigenvalue weighted by atomic mass is 32.2. The summed E-state index contributed by atoms with van der Waals surface area (Å²) in [5, 5.41) is 14.2. The number of nitrogens with one attached hydrogen (secondary N) is 2. The summed E-state index contributed by atoms with van der Waals surface area (Å²) in [6.07, 6.45) is 1.04. The zero-order valence-electron chi connectivity index (χ0n) is 13.8. The molecule has 0 saturated carbocycles. The fourth-order valence-corrected chi connectivity index (χ4v) is 4.18. The molecule has 0 bridgehead atoms. The Kier molecular flexibility index (Phi) is 4.41. The van der Waals surface area contributed by atoms with Crippen LogP contribution < -0.4 is 19.1 Å². The molecule has 7 nitrogen and oxygen atoms in total. The molecule has 0 aliphatic carbocycles. The molecule has 2 aromatic rings. The minimum Gasteiger partial charge on any atom is -0.506 e. The summed E-state index contributed by atoms with van der Waals surface area (Å²) in [5.74, 6) is -0.653. The Balaban J connectivity index is 1.67. The molecule has 2 fully saturated rings. The van der Waals surface area contributed by atoms with E-state index in [4.69, 9.17) is 4.74 Å². The molecule has 2 heterocycles. The molecule has 0 aromatic heterocycles. The van der Waals surface area contributed by atoms with Crippen molar-refractivity contribution >= 4 is 33.5 Å². The molecule has 2 aliphatic rings. The highest BCUT2D eigenvalue weighted by Gasteiger charge is 2.32. The molecule has 2 saturated heterocycles. The number of rotatable bonds is 4. The number of phenols is 1. The maximum atomic E-state index is 15.1. The van der Waals surface area contributed by atoms with Gasteiger partial charge in [-0.05, 0) is 36.6 Å². The van der Waals surface area contributed by atoms with E-state index in [1.54, 1.807) is 18.2 Å². The van der Waals surface area contributed by atoms with Crippen molar-refractivity contribution in [2.75, 3.05) is 30.5 Å². The molecule has 9 heteroatoms. The Bertz CT molecular complexity index is 901. The average Bonchev–Trinajstić information content (AvgIpc) is 3.23. The molecule has 3 N–H and O–H groups in total. The zero-order valence-corrected chi connectivity index (χ0v) is 14.6. The summed E-state index contributed by atoms with van der Waals surface area (Å²) < 4.78 is 36.0. The normalized spacial score (nSPS) is 22.8. The number of carbonyl (C=O) groups excluding carboxylic acids is 1. The molecule has 1 amide bonds. The number of aromatic hydroxyl groups is 1. The topological polar surface area (TPSA) is 90.9 Å². The van der Waals surface area contributed by atoms with E-state index in [0.717, 1.165) is 23.8 Å². The number of ether oxygens (including phenoxy) is 1. The fraction of sp³-hybridized carbons (Fsp3) is 0.353. The summed E-state index contributed by atoms with van der Waals surface area (Å²) >= 11 is -1.92. The number of amides is 1. The van der Waals surface area contributed by atoms with Crippen molar-refractivity contribution in [2.45, 2.75) is 6.42 Å². The van der Waals surface area contributed by atoms with Crippen molar-refractivity contribution in [3.63, 3.8) is 0 Å². The first-order valence-corrected chi connectivity index (χ1v) is 9.41. The lowest BCUT2D eigenvalue weighted by Gasteiger charge is -2.18. The van der Waals surface area contributed by atoms with Crippen LogP contribution in [0.1, 0.15) is 6.42 Å². The first-order valence-electron chi connectivity index (χ1n) is 8.30. The van der Waals surface area contributed by atoms with E-state index in [1.807, 2.05) is 0 Å². The van der Waals surface area contributed by atoms with Gasteiger partial charge in [-0.15, -0.1) is 0 Å². The first kappa shape index (κ1) is 17.0. The number of hydrogen-bond acceptors (Lipinski definition) is 5. The smallest absolute Gasteiger partial charge is 0.253 e. The second-order valence-electron chi connectivity index (χ2n) is 6.42. The van der Waals surface area contributed by atoms with Crippen LogP contribution in [0, 0.1) is 11.7 Å². The molecule has 2 aliphatic heterocycles. The fourth-order valence-electron chi connectivity index (χ4n) is 3.24. The second-order valence-corrected chi connectivity index (χ2v) is 7.57. The minimum atomic E-state index is -1.92. The van der Waals surface area contributed by atoms with Gasteiger partial charge < -0.3 is 15.2 Å². The zero-order chi connectivity index (χ0) is 18.3. The molecule has 26 heavy (non-hydrogen) atoms. The number of nitrogens with zero attached hydrogens (tertiary/aromatic N) is 1. The average molecular weight is 379 g/mol. The van der Waals surface area contributed by atoms with Crippen molar-refractivity contribution in [2.24, 2.45) is 5.92 Å². The number of phenolic OH excluding ortho intramolecular Hbond substituents is 1. The highest BCUT2D eigenvalue weighted by molar-refractivity contribution is 7.85. The van der Waals surface area contributed by atoms with E-state index < -0.39 is 22.9 Å². The lowest BCUT2D eigenvalue weighted by atomic mass is 10.1. The van der Waals surface area contributed by atoms with Gasteiger partial charge in [0.25, 0.3) is 5.91 Å². The summed E-state index contributed by atoms with van der Waals surface area (Å²) in [5.41, 5.74) is -0.258. The van der Waals surface area contributed by atoms with Gasteiger partial charge >= 0.3 is 0 Å². The summed E-state index contributed by atoms with van der Waals surface area (Å²) in [4.78, 5) is 11.4. The summed E-state index contributed by atoms with van der Waals surface area (Å²) in [6, 6.07) is 6.33. The number of carbonyl (C=O) groups is 1. The third-order valence-corrected chi connectivity index (χ3v) is 5.70. The largest absolute Gasteiger partial charge is 0.506 e. The van der Waals surface area contributed by atoms with Crippen molar-refractivity contribution in [3.8, 4) is 11.5 Å². The number of halogens is 1. The van der Waals surface area contributed by atoms with Gasteiger partial charge in [0.1, 0.15) is 23.7 Å². The van der Waals surface area contributed by atoms with Crippen LogP contribution in [0.15, 0.2) is 24.3 Å². The second kappa shape index (κ2) is 6.73. The van der Waals surface area contributed by atoms with Crippen LogP contribution in [0.5, 0.6) is 11.5 Å². The molecule has 0 radical (unpaired) electrons. The SMILES string of the molecule is O=C1CN(c2c(O)cc3ccc(OCC4CCNC4)cc3c2F)S(=O)N1. The maximum absolute atomic E-state index is 15.1. The summed E-state index contributed by atoms with van der Waals surface area (Å²) in [7, 11) is 0. The molecule has 2 atom stereocenters. The predicted octanol–water partition coefficient (Wildman–Crippen LogP) is 1.19. The van der Waals surface area contributed by atoms with Crippen LogP contribution in [-0.4, -0.2) is 41.5 Å². The first-order chi connectivity index (χ1) is 12.5. The van der Waals surface area contributed by atoms with Crippen LogP contribution in [0.3, 0.4) is 0 Å². The standard InChI is InChI=1S/C17H18FN3O4S/c18-16-13-6-12(25-9-10-3-4-19-7-10)2-1-11(13)5-14(22)17(16)21-8-15(23)20-26(21)24/h1-2,5-6,10,19,22H,3-4,7-9H2,(H,20,23). The number of anilines is 1. The molecule has 2 aromatic carbocycles. The van der Waals surface area contributed by atoms with E-state index in [0.29, 0.717) is 23.7 Å². The Hall–Kier alpha value is -2.39. The van der Waals surface area contributed by atoms with E-state index in [1.165, 1.54) is 6.07 Å². The number of benzene rings is 2. The molecule has 4 rings (SSSR count). The van der Waals surface area contributed by atoms with Crippen LogP contribution in [0.25, 0.3) is 10.8 Å². The van der Waals surface area contributed by atoms with E-state index >= 15 is 4.39 Å². The van der Waals surface area contributed by atoms with Gasteiger partial charge in [0.2, 0.25) is 11.2 Å². The van der Waals surface area contributed by atoms with Gasteiger partial charge in [-0.25, -0.2) is 8.60 Å². The maximum Gasteiger partial charge on any atom is 0.253 e. The lowest BCUT2D eigenvalue weighted by molar-refractivity contribution is -0.117. The van der Waals surface area contributed by atoms with Gasteiger partial charge in [-0.2, -0.15) is 0 Å². The van der Waals surface area contributed by atoms with Crippen molar-refractivity contribution in [1.29, 1.82) is 0 Å². The van der Waals surface area contributed by atoms with Crippen LogP contribution in [0.2, 0.25) is 0 Å². The van der Waals surface area contributed by atoms with Crippen molar-refractivity contribution < 1.29 is 23.2 Å². The van der Waals surface area contributed by atoms with Gasteiger partial charge in [0.05, 0.1) is 6.61 Å². The molecule has 138 valence electrons. The monoisotopic (exact) mass is 379 g/mol. The molecule has 2 unspecified atom stereocenters. The van der Waals surface area contributed by atoms with Gasteiger partial charge in [0, 0.05) is 17.8 Å².